The quantitative estimate of drug-likeness (QED) is 0.811. The molecule has 0 saturated carbocycles. The van der Waals surface area contributed by atoms with Crippen molar-refractivity contribution in [1.29, 1.82) is 0 Å². The first-order chi connectivity index (χ1) is 8.41. The summed E-state index contributed by atoms with van der Waals surface area (Å²) in [6, 6.07) is 0.184. The first kappa shape index (κ1) is 12.5. The highest BCUT2D eigenvalue weighted by Crippen LogP contribution is 2.41. The first-order valence-electron chi connectivity index (χ1n) is 6.05. The maximum Gasteiger partial charge on any atom is 0.247 e. The Hall–Kier alpha value is -0.530. The number of hydrogen-bond acceptors (Lipinski definition) is 4. The fourth-order valence-electron chi connectivity index (χ4n) is 2.90. The van der Waals surface area contributed by atoms with Crippen LogP contribution in [0.15, 0.2) is 4.90 Å². The summed E-state index contributed by atoms with van der Waals surface area (Å²) in [4.78, 5) is 0.405. The molecule has 2 saturated heterocycles. The van der Waals surface area contributed by atoms with E-state index < -0.39 is 10.0 Å². The molecule has 2 fully saturated rings. The lowest BCUT2D eigenvalue weighted by Crippen LogP contribution is -2.39. The third-order valence-corrected chi connectivity index (χ3v) is 7.42. The predicted molar refractivity (Wildman–Crippen MR) is 71.2 cm³/mol. The van der Waals surface area contributed by atoms with Crippen molar-refractivity contribution < 1.29 is 8.42 Å². The van der Waals surface area contributed by atoms with Gasteiger partial charge >= 0.3 is 0 Å². The molecule has 100 valence electrons. The number of sulfonamides is 1. The van der Waals surface area contributed by atoms with E-state index in [-0.39, 0.29) is 6.04 Å². The van der Waals surface area contributed by atoms with E-state index in [0.717, 1.165) is 17.9 Å². The third kappa shape index (κ3) is 1.64. The molecule has 0 N–H and O–H groups in total. The summed E-state index contributed by atoms with van der Waals surface area (Å²) >= 11 is 1.89. The van der Waals surface area contributed by atoms with Gasteiger partial charge in [-0.15, -0.1) is 0 Å². The number of aromatic nitrogens is 2. The van der Waals surface area contributed by atoms with E-state index in [4.69, 9.17) is 0 Å². The molecule has 2 aliphatic heterocycles. The molecule has 0 spiro atoms. The summed E-state index contributed by atoms with van der Waals surface area (Å²) in [6.45, 7) is 4.24. The summed E-state index contributed by atoms with van der Waals surface area (Å²) in [5.74, 6) is 0.933. The minimum Gasteiger partial charge on any atom is -0.271 e. The van der Waals surface area contributed by atoms with Gasteiger partial charge in [-0.3, -0.25) is 4.68 Å². The predicted octanol–water partition coefficient (Wildman–Crippen LogP) is 0.915. The fourth-order valence-corrected chi connectivity index (χ4v) is 6.61. The standard InChI is InChI=1S/C11H17N3O2S2/c1-7-11(8(2)13(3)12-7)18(15,16)14-5-10-4-9(14)6-17-10/h9-10H,4-6H2,1-3H3. The van der Waals surface area contributed by atoms with Gasteiger partial charge in [0, 0.05) is 30.6 Å². The lowest BCUT2D eigenvalue weighted by molar-refractivity contribution is 0.409. The zero-order valence-electron chi connectivity index (χ0n) is 10.8. The minimum atomic E-state index is -3.37. The number of rotatable bonds is 2. The zero-order valence-corrected chi connectivity index (χ0v) is 12.4. The lowest BCUT2D eigenvalue weighted by Gasteiger charge is -2.25. The number of aryl methyl sites for hydroxylation is 2. The molecule has 2 atom stereocenters. The van der Waals surface area contributed by atoms with Crippen molar-refractivity contribution in [2.45, 2.75) is 36.5 Å². The molecule has 7 heteroatoms. The maximum atomic E-state index is 12.7. The van der Waals surface area contributed by atoms with Crippen LogP contribution in [0.2, 0.25) is 0 Å². The average Bonchev–Trinajstić information content (AvgIpc) is 2.94. The van der Waals surface area contributed by atoms with Crippen molar-refractivity contribution in [2.75, 3.05) is 12.3 Å². The van der Waals surface area contributed by atoms with Crippen molar-refractivity contribution >= 4 is 21.8 Å². The van der Waals surface area contributed by atoms with Crippen LogP contribution in [-0.4, -0.2) is 46.1 Å². The molecule has 3 heterocycles. The van der Waals surface area contributed by atoms with Crippen LogP contribution in [0.5, 0.6) is 0 Å². The number of nitrogens with zero attached hydrogens (tertiary/aromatic N) is 3. The van der Waals surface area contributed by atoms with Gasteiger partial charge in [0.1, 0.15) is 4.90 Å². The van der Waals surface area contributed by atoms with Crippen LogP contribution in [0.25, 0.3) is 0 Å². The van der Waals surface area contributed by atoms with Crippen LogP contribution in [0.3, 0.4) is 0 Å². The highest BCUT2D eigenvalue weighted by Gasteiger charge is 2.46. The summed E-state index contributed by atoms with van der Waals surface area (Å²) < 4.78 is 28.8. The van der Waals surface area contributed by atoms with Gasteiger partial charge in [-0.2, -0.15) is 21.2 Å². The Bertz CT molecular complexity index is 594. The van der Waals surface area contributed by atoms with Crippen molar-refractivity contribution in [1.82, 2.24) is 14.1 Å². The highest BCUT2D eigenvalue weighted by atomic mass is 32.2. The second kappa shape index (κ2) is 3.98. The van der Waals surface area contributed by atoms with E-state index in [1.54, 1.807) is 23.0 Å². The van der Waals surface area contributed by atoms with Gasteiger partial charge in [0.25, 0.3) is 0 Å². The van der Waals surface area contributed by atoms with Gasteiger partial charge < -0.3 is 0 Å². The molecule has 2 aliphatic rings. The molecule has 5 nitrogen and oxygen atoms in total. The topological polar surface area (TPSA) is 55.2 Å². The summed E-state index contributed by atoms with van der Waals surface area (Å²) in [6.07, 6.45) is 1.00. The van der Waals surface area contributed by atoms with E-state index in [0.29, 0.717) is 22.4 Å². The second-order valence-corrected chi connectivity index (χ2v) is 8.20. The number of fused-ring (bicyclic) bond motifs is 2. The van der Waals surface area contributed by atoms with E-state index >= 15 is 0 Å². The molecule has 1 aromatic heterocycles. The fraction of sp³-hybridized carbons (Fsp3) is 0.727. The summed E-state index contributed by atoms with van der Waals surface area (Å²) in [7, 11) is -1.59. The van der Waals surface area contributed by atoms with Gasteiger partial charge in [-0.05, 0) is 20.3 Å². The molecule has 2 bridgehead atoms. The van der Waals surface area contributed by atoms with Crippen LogP contribution in [-0.2, 0) is 17.1 Å². The Balaban J connectivity index is 2.05. The Morgan fingerprint density at radius 1 is 1.39 bits per heavy atom. The lowest BCUT2D eigenvalue weighted by atomic mass is 10.3. The molecule has 2 unspecified atom stereocenters. The van der Waals surface area contributed by atoms with E-state index in [1.165, 1.54) is 0 Å². The van der Waals surface area contributed by atoms with Gasteiger partial charge in [-0.1, -0.05) is 0 Å². The van der Waals surface area contributed by atoms with Crippen LogP contribution in [0.1, 0.15) is 17.8 Å². The van der Waals surface area contributed by atoms with Gasteiger partial charge in [-0.25, -0.2) is 8.42 Å². The third-order valence-electron chi connectivity index (χ3n) is 3.86. The van der Waals surface area contributed by atoms with Gasteiger partial charge in [0.2, 0.25) is 10.0 Å². The Morgan fingerprint density at radius 3 is 2.56 bits per heavy atom. The molecule has 0 aromatic carbocycles. The smallest absolute Gasteiger partial charge is 0.247 e. The van der Waals surface area contributed by atoms with E-state index in [2.05, 4.69) is 5.10 Å². The normalized spacial score (nSPS) is 28.2. The molecular weight excluding hydrogens is 270 g/mol. The van der Waals surface area contributed by atoms with Crippen LogP contribution in [0, 0.1) is 13.8 Å². The molecule has 1 aromatic rings. The Kier molecular flexibility index (Phi) is 2.76. The van der Waals surface area contributed by atoms with E-state index in [1.807, 2.05) is 18.7 Å². The van der Waals surface area contributed by atoms with E-state index in [9.17, 15) is 8.42 Å². The molecule has 0 radical (unpaired) electrons. The largest absolute Gasteiger partial charge is 0.271 e. The summed E-state index contributed by atoms with van der Waals surface area (Å²) in [5, 5.41) is 4.70. The molecular formula is C11H17N3O2S2. The van der Waals surface area contributed by atoms with Crippen LogP contribution in [0.4, 0.5) is 0 Å². The van der Waals surface area contributed by atoms with Gasteiger partial charge in [0.15, 0.2) is 0 Å². The minimum absolute atomic E-state index is 0.184. The Morgan fingerprint density at radius 2 is 2.11 bits per heavy atom. The molecule has 0 aliphatic carbocycles. The monoisotopic (exact) mass is 287 g/mol. The maximum absolute atomic E-state index is 12.7. The van der Waals surface area contributed by atoms with Crippen molar-refractivity contribution in [3.8, 4) is 0 Å². The van der Waals surface area contributed by atoms with Crippen molar-refractivity contribution in [2.24, 2.45) is 7.05 Å². The summed E-state index contributed by atoms with van der Waals surface area (Å²) in [5.41, 5.74) is 1.33. The number of thioether (sulfide) groups is 1. The Labute approximate surface area is 112 Å². The number of hydrogen-bond donors (Lipinski definition) is 0. The molecule has 0 amide bonds. The SMILES string of the molecule is Cc1nn(C)c(C)c1S(=O)(=O)N1CC2CC1CS2. The molecule has 3 rings (SSSR count). The zero-order chi connectivity index (χ0) is 13.1. The second-order valence-electron chi connectivity index (χ2n) is 5.04. The molecule has 18 heavy (non-hydrogen) atoms. The van der Waals surface area contributed by atoms with Crippen molar-refractivity contribution in [3.63, 3.8) is 0 Å². The van der Waals surface area contributed by atoms with Crippen LogP contribution < -0.4 is 0 Å². The first-order valence-corrected chi connectivity index (χ1v) is 8.54. The highest BCUT2D eigenvalue weighted by molar-refractivity contribution is 8.00. The van der Waals surface area contributed by atoms with Crippen molar-refractivity contribution in [3.05, 3.63) is 11.4 Å². The van der Waals surface area contributed by atoms with Crippen LogP contribution >= 0.6 is 11.8 Å². The van der Waals surface area contributed by atoms with Gasteiger partial charge in [0.05, 0.1) is 11.4 Å². The average molecular weight is 287 g/mol.